The van der Waals surface area contributed by atoms with Crippen LogP contribution in [0.2, 0.25) is 0 Å². The number of halogens is 1. The van der Waals surface area contributed by atoms with Crippen LogP contribution >= 0.6 is 11.6 Å². The average molecular weight is 258 g/mol. The predicted octanol–water partition coefficient (Wildman–Crippen LogP) is 3.14. The van der Waals surface area contributed by atoms with Crippen molar-refractivity contribution < 1.29 is 5.11 Å². The van der Waals surface area contributed by atoms with E-state index in [1.807, 2.05) is 0 Å². The number of hydrogen-bond donors (Lipinski definition) is 1. The summed E-state index contributed by atoms with van der Waals surface area (Å²) in [6, 6.07) is 0.523. The second-order valence-corrected chi connectivity index (χ2v) is 6.10. The Kier molecular flexibility index (Phi) is 4.89. The van der Waals surface area contributed by atoms with Gasteiger partial charge in [-0.05, 0) is 32.2 Å². The molecule has 0 bridgehead atoms. The minimum Gasteiger partial charge on any atom is -0.393 e. The van der Waals surface area contributed by atoms with Gasteiger partial charge in [-0.2, -0.15) is 0 Å². The molecule has 2 nitrogen and oxygen atoms in total. The van der Waals surface area contributed by atoms with Crippen LogP contribution in [-0.2, 0) is 0 Å². The molecule has 0 radical (unpaired) electrons. The summed E-state index contributed by atoms with van der Waals surface area (Å²) in [5, 5.41) is 10.9. The third kappa shape index (κ3) is 3.46. The minimum absolute atomic E-state index is 0.0991. The molecule has 3 atom stereocenters. The highest BCUT2D eigenvalue weighted by atomic mass is 35.5. The van der Waals surface area contributed by atoms with E-state index in [1.165, 1.54) is 38.5 Å². The first-order chi connectivity index (χ1) is 8.18. The van der Waals surface area contributed by atoms with E-state index < -0.39 is 0 Å². The number of nitrogens with zero attached hydrogens (tertiary/aromatic N) is 1. The van der Waals surface area contributed by atoms with E-state index in [0.29, 0.717) is 12.0 Å². The third-order valence-electron chi connectivity index (χ3n) is 4.31. The summed E-state index contributed by atoms with van der Waals surface area (Å²) in [6.07, 6.45) is 8.28. The average Bonchev–Trinajstić information content (AvgIpc) is 2.30. The first-order valence-electron chi connectivity index (χ1n) is 6.94. The lowest BCUT2D eigenvalue weighted by Crippen LogP contribution is -2.49. The maximum atomic E-state index is 10.2. The molecule has 98 valence electrons. The fourth-order valence-corrected chi connectivity index (χ4v) is 3.66. The van der Waals surface area contributed by atoms with E-state index in [1.54, 1.807) is 0 Å². The molecular formula is C14H24ClNO. The van der Waals surface area contributed by atoms with Gasteiger partial charge in [0.05, 0.1) is 6.10 Å². The first kappa shape index (κ1) is 13.4. The van der Waals surface area contributed by atoms with Crippen molar-refractivity contribution in [1.82, 2.24) is 4.90 Å². The molecule has 1 heterocycles. The third-order valence-corrected chi connectivity index (χ3v) is 4.43. The van der Waals surface area contributed by atoms with Crippen molar-refractivity contribution >= 4 is 11.6 Å². The van der Waals surface area contributed by atoms with E-state index in [2.05, 4.69) is 11.5 Å². The van der Waals surface area contributed by atoms with Crippen molar-refractivity contribution in [2.24, 2.45) is 5.92 Å². The molecule has 3 unspecified atom stereocenters. The maximum Gasteiger partial charge on any atom is 0.0583 e. The van der Waals surface area contributed by atoms with Gasteiger partial charge in [-0.25, -0.2) is 0 Å². The highest BCUT2D eigenvalue weighted by molar-refractivity contribution is 6.29. The van der Waals surface area contributed by atoms with Crippen molar-refractivity contribution in [3.63, 3.8) is 0 Å². The molecule has 2 fully saturated rings. The Balaban J connectivity index is 2.01. The number of hydrogen-bond acceptors (Lipinski definition) is 2. The summed E-state index contributed by atoms with van der Waals surface area (Å²) in [5.74, 6) is 0.458. The number of likely N-dealkylation sites (tertiary alicyclic amines) is 1. The summed E-state index contributed by atoms with van der Waals surface area (Å²) in [5.41, 5.74) is 0. The van der Waals surface area contributed by atoms with Gasteiger partial charge in [0.25, 0.3) is 0 Å². The first-order valence-corrected chi connectivity index (χ1v) is 7.31. The predicted molar refractivity (Wildman–Crippen MR) is 72.2 cm³/mol. The van der Waals surface area contributed by atoms with Gasteiger partial charge >= 0.3 is 0 Å². The zero-order chi connectivity index (χ0) is 12.3. The summed E-state index contributed by atoms with van der Waals surface area (Å²) in [4.78, 5) is 2.44. The van der Waals surface area contributed by atoms with Crippen molar-refractivity contribution in [3.05, 3.63) is 11.6 Å². The smallest absolute Gasteiger partial charge is 0.0583 e. The highest BCUT2D eigenvalue weighted by Gasteiger charge is 2.35. The summed E-state index contributed by atoms with van der Waals surface area (Å²) >= 11 is 5.95. The van der Waals surface area contributed by atoms with Gasteiger partial charge in [-0.1, -0.05) is 37.4 Å². The molecule has 3 heteroatoms. The van der Waals surface area contributed by atoms with Gasteiger partial charge in [0.15, 0.2) is 0 Å². The van der Waals surface area contributed by atoms with Crippen LogP contribution in [0.1, 0.15) is 44.9 Å². The van der Waals surface area contributed by atoms with E-state index in [4.69, 9.17) is 11.6 Å². The van der Waals surface area contributed by atoms with Crippen LogP contribution in [0.4, 0.5) is 0 Å². The Morgan fingerprint density at radius 3 is 2.59 bits per heavy atom. The van der Waals surface area contributed by atoms with Crippen LogP contribution in [0.3, 0.4) is 0 Å². The zero-order valence-electron chi connectivity index (χ0n) is 10.6. The van der Waals surface area contributed by atoms with Crippen molar-refractivity contribution in [2.45, 2.75) is 57.1 Å². The topological polar surface area (TPSA) is 23.5 Å². The van der Waals surface area contributed by atoms with Crippen LogP contribution in [0.25, 0.3) is 0 Å². The van der Waals surface area contributed by atoms with Gasteiger partial charge in [0.1, 0.15) is 0 Å². The molecule has 1 aliphatic carbocycles. The van der Waals surface area contributed by atoms with Gasteiger partial charge in [0, 0.05) is 23.5 Å². The molecule has 2 aliphatic rings. The largest absolute Gasteiger partial charge is 0.393 e. The lowest BCUT2D eigenvalue weighted by atomic mass is 9.78. The van der Waals surface area contributed by atoms with Gasteiger partial charge in [-0.3, -0.25) is 4.90 Å². The highest BCUT2D eigenvalue weighted by Crippen LogP contribution is 2.34. The maximum absolute atomic E-state index is 10.2. The fourth-order valence-electron chi connectivity index (χ4n) is 3.51. The van der Waals surface area contributed by atoms with E-state index in [0.717, 1.165) is 24.5 Å². The second-order valence-electron chi connectivity index (χ2n) is 5.57. The molecule has 0 aromatic rings. The monoisotopic (exact) mass is 257 g/mol. The van der Waals surface area contributed by atoms with Crippen LogP contribution in [0.5, 0.6) is 0 Å². The van der Waals surface area contributed by atoms with Gasteiger partial charge < -0.3 is 5.11 Å². The van der Waals surface area contributed by atoms with Crippen molar-refractivity contribution in [3.8, 4) is 0 Å². The van der Waals surface area contributed by atoms with Crippen molar-refractivity contribution in [1.29, 1.82) is 0 Å². The summed E-state index contributed by atoms with van der Waals surface area (Å²) in [7, 11) is 0. The van der Waals surface area contributed by atoms with Crippen molar-refractivity contribution in [2.75, 3.05) is 13.1 Å². The standard InChI is InChI=1S/C14H24ClNO/c1-11(15)10-16-9-5-4-7-13(16)12-6-2-3-8-14(12)17/h12-14,17H,1-10H2. The van der Waals surface area contributed by atoms with Crippen LogP contribution in [0.15, 0.2) is 11.6 Å². The van der Waals surface area contributed by atoms with E-state index in [-0.39, 0.29) is 6.10 Å². The summed E-state index contributed by atoms with van der Waals surface area (Å²) in [6.45, 7) is 5.71. The molecule has 0 spiro atoms. The quantitative estimate of drug-likeness (QED) is 0.840. The molecule has 0 aromatic carbocycles. The van der Waals surface area contributed by atoms with Crippen LogP contribution in [0, 0.1) is 5.92 Å². The van der Waals surface area contributed by atoms with Crippen LogP contribution in [-0.4, -0.2) is 35.2 Å². The Labute approximate surface area is 110 Å². The van der Waals surface area contributed by atoms with E-state index in [9.17, 15) is 5.11 Å². The normalized spacial score (nSPS) is 35.8. The fraction of sp³-hybridized carbons (Fsp3) is 0.857. The Bertz CT molecular complexity index is 269. The Morgan fingerprint density at radius 1 is 1.18 bits per heavy atom. The number of piperidine rings is 1. The number of aliphatic hydroxyl groups excluding tert-OH is 1. The SMILES string of the molecule is C=C(Cl)CN1CCCCC1C1CCCCC1O. The second kappa shape index (κ2) is 6.21. The minimum atomic E-state index is -0.0991. The lowest BCUT2D eigenvalue weighted by molar-refractivity contribution is -0.00170. The Hall–Kier alpha value is -0.0500. The number of rotatable bonds is 3. The molecule has 2 rings (SSSR count). The van der Waals surface area contributed by atoms with Crippen LogP contribution < -0.4 is 0 Å². The molecule has 0 aromatic heterocycles. The molecule has 1 N–H and O–H groups in total. The van der Waals surface area contributed by atoms with Gasteiger partial charge in [0.2, 0.25) is 0 Å². The zero-order valence-corrected chi connectivity index (χ0v) is 11.3. The lowest BCUT2D eigenvalue weighted by Gasteiger charge is -2.43. The molecule has 1 aliphatic heterocycles. The molecular weight excluding hydrogens is 234 g/mol. The molecule has 0 amide bonds. The number of aliphatic hydroxyl groups is 1. The van der Waals surface area contributed by atoms with E-state index >= 15 is 0 Å². The Morgan fingerprint density at radius 2 is 1.88 bits per heavy atom. The molecule has 1 saturated heterocycles. The molecule has 17 heavy (non-hydrogen) atoms. The summed E-state index contributed by atoms with van der Waals surface area (Å²) < 4.78 is 0. The van der Waals surface area contributed by atoms with Gasteiger partial charge in [-0.15, -0.1) is 0 Å². The molecule has 1 saturated carbocycles.